The van der Waals surface area contributed by atoms with Crippen LogP contribution in [0, 0.1) is 11.8 Å². The largest absolute Gasteiger partial charge is 0.376 e. The van der Waals surface area contributed by atoms with E-state index in [1.54, 1.807) is 11.3 Å². The van der Waals surface area contributed by atoms with Crippen LogP contribution < -0.4 is 5.73 Å². The molecular formula is C16H17NOS. The first-order valence-electron chi connectivity index (χ1n) is 6.26. The second-order valence-corrected chi connectivity index (χ2v) is 5.12. The van der Waals surface area contributed by atoms with E-state index in [4.69, 9.17) is 10.5 Å². The molecule has 2 nitrogen and oxygen atoms in total. The lowest BCUT2D eigenvalue weighted by molar-refractivity contribution is 0.124. The predicted octanol–water partition coefficient (Wildman–Crippen LogP) is 2.82. The van der Waals surface area contributed by atoms with Gasteiger partial charge in [0, 0.05) is 16.9 Å². The molecule has 1 aromatic heterocycles. The minimum absolute atomic E-state index is 0.396. The highest BCUT2D eigenvalue weighted by atomic mass is 32.1. The molecule has 2 aromatic rings. The first-order chi connectivity index (χ1) is 9.38. The number of nitrogens with two attached hydrogens (primary N) is 1. The van der Waals surface area contributed by atoms with Gasteiger partial charge in [0.15, 0.2) is 0 Å². The Hall–Kier alpha value is -1.60. The van der Waals surface area contributed by atoms with Crippen LogP contribution in [-0.2, 0) is 17.8 Å². The Labute approximate surface area is 118 Å². The van der Waals surface area contributed by atoms with Crippen LogP contribution in [0.5, 0.6) is 0 Å². The van der Waals surface area contributed by atoms with Crippen molar-refractivity contribution in [2.75, 3.05) is 13.2 Å². The van der Waals surface area contributed by atoms with Crippen molar-refractivity contribution >= 4 is 11.3 Å². The van der Waals surface area contributed by atoms with E-state index in [0.717, 1.165) is 18.6 Å². The zero-order chi connectivity index (χ0) is 13.3. The monoisotopic (exact) mass is 271 g/mol. The average molecular weight is 271 g/mol. The summed E-state index contributed by atoms with van der Waals surface area (Å²) in [5.74, 6) is 5.84. The lowest BCUT2D eigenvalue weighted by Gasteiger charge is -2.03. The molecule has 0 fully saturated rings. The molecule has 19 heavy (non-hydrogen) atoms. The number of thiophene rings is 1. The van der Waals surface area contributed by atoms with Crippen molar-refractivity contribution in [3.63, 3.8) is 0 Å². The van der Waals surface area contributed by atoms with Crippen molar-refractivity contribution < 1.29 is 4.74 Å². The number of hydrogen-bond donors (Lipinski definition) is 1. The van der Waals surface area contributed by atoms with E-state index in [-0.39, 0.29) is 0 Å². The number of hydrogen-bond acceptors (Lipinski definition) is 3. The topological polar surface area (TPSA) is 35.2 Å². The Morgan fingerprint density at radius 1 is 1.16 bits per heavy atom. The van der Waals surface area contributed by atoms with E-state index in [1.165, 1.54) is 10.4 Å². The van der Waals surface area contributed by atoms with Crippen LogP contribution in [0.1, 0.15) is 16.0 Å². The van der Waals surface area contributed by atoms with Crippen molar-refractivity contribution in [1.29, 1.82) is 0 Å². The van der Waals surface area contributed by atoms with E-state index >= 15 is 0 Å². The van der Waals surface area contributed by atoms with E-state index in [0.29, 0.717) is 13.2 Å². The van der Waals surface area contributed by atoms with Crippen LogP contribution in [-0.4, -0.2) is 13.2 Å². The van der Waals surface area contributed by atoms with Crippen LogP contribution in [0.4, 0.5) is 0 Å². The third-order valence-corrected chi connectivity index (χ3v) is 3.57. The molecule has 2 N–H and O–H groups in total. The number of benzene rings is 1. The van der Waals surface area contributed by atoms with Crippen LogP contribution >= 0.6 is 11.3 Å². The molecule has 0 radical (unpaired) electrons. The van der Waals surface area contributed by atoms with Gasteiger partial charge in [-0.1, -0.05) is 30.0 Å². The van der Waals surface area contributed by atoms with Gasteiger partial charge in [0.05, 0.1) is 19.8 Å². The van der Waals surface area contributed by atoms with E-state index in [9.17, 15) is 0 Å². The lowest BCUT2D eigenvalue weighted by atomic mass is 10.1. The molecule has 1 heterocycles. The maximum Gasteiger partial charge on any atom is 0.0717 e. The van der Waals surface area contributed by atoms with Crippen molar-refractivity contribution in [2.24, 2.45) is 5.73 Å². The molecule has 0 atom stereocenters. The summed E-state index contributed by atoms with van der Waals surface area (Å²) in [5, 5.41) is 2.09. The zero-order valence-electron chi connectivity index (χ0n) is 10.8. The lowest BCUT2D eigenvalue weighted by Crippen LogP contribution is -1.98. The Morgan fingerprint density at radius 3 is 2.68 bits per heavy atom. The quantitative estimate of drug-likeness (QED) is 0.670. The molecule has 0 aliphatic heterocycles. The molecule has 1 aromatic carbocycles. The summed E-state index contributed by atoms with van der Waals surface area (Å²) in [6.45, 7) is 1.80. The molecule has 0 saturated carbocycles. The highest BCUT2D eigenvalue weighted by Gasteiger charge is 1.96. The Balaban J connectivity index is 1.74. The van der Waals surface area contributed by atoms with Gasteiger partial charge in [-0.05, 0) is 29.1 Å². The Morgan fingerprint density at radius 2 is 2.00 bits per heavy atom. The maximum atomic E-state index is 5.66. The number of rotatable bonds is 5. The van der Waals surface area contributed by atoms with Gasteiger partial charge >= 0.3 is 0 Å². The number of ether oxygens (including phenoxy) is 1. The van der Waals surface area contributed by atoms with E-state index in [1.807, 2.05) is 24.3 Å². The van der Waals surface area contributed by atoms with Gasteiger partial charge in [0.2, 0.25) is 0 Å². The Kier molecular flexibility index (Phi) is 5.64. The Bertz CT molecular complexity index is 534. The van der Waals surface area contributed by atoms with Crippen LogP contribution in [0.2, 0.25) is 0 Å². The minimum atomic E-state index is 0.396. The summed E-state index contributed by atoms with van der Waals surface area (Å²) in [6, 6.07) is 12.3. The first-order valence-corrected chi connectivity index (χ1v) is 7.14. The third kappa shape index (κ3) is 4.88. The van der Waals surface area contributed by atoms with Crippen LogP contribution in [0.15, 0.2) is 41.8 Å². The van der Waals surface area contributed by atoms with Crippen molar-refractivity contribution in [1.82, 2.24) is 0 Å². The van der Waals surface area contributed by atoms with Gasteiger partial charge in [0.1, 0.15) is 0 Å². The predicted molar refractivity (Wildman–Crippen MR) is 80.1 cm³/mol. The van der Waals surface area contributed by atoms with Crippen LogP contribution in [0.25, 0.3) is 0 Å². The standard InChI is InChI=1S/C16H17NOS/c17-10-1-3-14-5-7-15(8-6-14)13-18-11-9-16-4-2-12-19-16/h2,4-8,12H,9-11,13,17H2. The zero-order valence-corrected chi connectivity index (χ0v) is 11.6. The molecule has 0 amide bonds. The molecule has 0 bridgehead atoms. The second-order valence-electron chi connectivity index (χ2n) is 4.08. The normalized spacial score (nSPS) is 9.95. The van der Waals surface area contributed by atoms with Crippen molar-refractivity contribution in [2.45, 2.75) is 13.0 Å². The molecule has 3 heteroatoms. The average Bonchev–Trinajstić information content (AvgIpc) is 2.96. The SMILES string of the molecule is NCC#Cc1ccc(COCCc2cccs2)cc1. The van der Waals surface area contributed by atoms with Gasteiger partial charge in [-0.3, -0.25) is 0 Å². The molecule has 0 unspecified atom stereocenters. The third-order valence-electron chi connectivity index (χ3n) is 2.63. The van der Waals surface area contributed by atoms with E-state index < -0.39 is 0 Å². The van der Waals surface area contributed by atoms with Crippen LogP contribution in [0.3, 0.4) is 0 Å². The fraction of sp³-hybridized carbons (Fsp3) is 0.250. The summed E-state index contributed by atoms with van der Waals surface area (Å²) in [4.78, 5) is 1.37. The summed E-state index contributed by atoms with van der Waals surface area (Å²) in [5.41, 5.74) is 7.50. The minimum Gasteiger partial charge on any atom is -0.376 e. The van der Waals surface area contributed by atoms with Gasteiger partial charge in [0.25, 0.3) is 0 Å². The second kappa shape index (κ2) is 7.75. The van der Waals surface area contributed by atoms with Gasteiger partial charge in [-0.25, -0.2) is 0 Å². The summed E-state index contributed by atoms with van der Waals surface area (Å²) in [7, 11) is 0. The van der Waals surface area contributed by atoms with E-state index in [2.05, 4.69) is 29.4 Å². The summed E-state index contributed by atoms with van der Waals surface area (Å²) in [6.07, 6.45) is 0.984. The summed E-state index contributed by atoms with van der Waals surface area (Å²) >= 11 is 1.77. The van der Waals surface area contributed by atoms with Crippen molar-refractivity contribution in [3.8, 4) is 11.8 Å². The molecule has 0 aliphatic rings. The maximum absolute atomic E-state index is 5.66. The fourth-order valence-corrected chi connectivity index (χ4v) is 2.35. The van der Waals surface area contributed by atoms with Gasteiger partial charge in [-0.15, -0.1) is 11.3 Å². The highest BCUT2D eigenvalue weighted by molar-refractivity contribution is 7.09. The first kappa shape index (κ1) is 13.8. The van der Waals surface area contributed by atoms with Gasteiger partial charge in [-0.2, -0.15) is 0 Å². The molecule has 98 valence electrons. The molecule has 2 rings (SSSR count). The van der Waals surface area contributed by atoms with Gasteiger partial charge < -0.3 is 10.5 Å². The molecule has 0 spiro atoms. The fourth-order valence-electron chi connectivity index (χ4n) is 1.66. The summed E-state index contributed by atoms with van der Waals surface area (Å²) < 4.78 is 5.66. The molecule has 0 saturated heterocycles. The smallest absolute Gasteiger partial charge is 0.0717 e. The highest BCUT2D eigenvalue weighted by Crippen LogP contribution is 2.10. The van der Waals surface area contributed by atoms with Crippen molar-refractivity contribution in [3.05, 3.63) is 57.8 Å². The molecule has 0 aliphatic carbocycles. The molecular weight excluding hydrogens is 254 g/mol.